The van der Waals surface area contributed by atoms with Gasteiger partial charge in [0.2, 0.25) is 5.91 Å². The smallest absolute Gasteiger partial charge is 0.328 e. The van der Waals surface area contributed by atoms with Crippen LogP contribution in [-0.4, -0.2) is 34.8 Å². The summed E-state index contributed by atoms with van der Waals surface area (Å²) >= 11 is 0. The molecule has 1 atom stereocenters. The van der Waals surface area contributed by atoms with Crippen molar-refractivity contribution in [3.05, 3.63) is 53.1 Å². The first-order chi connectivity index (χ1) is 12.7. The molecule has 1 N–H and O–H groups in total. The third kappa shape index (κ3) is 4.81. The average Bonchev–Trinajstić information content (AvgIpc) is 2.91. The number of ether oxygens (including phenoxy) is 1. The average molecular weight is 373 g/mol. The largest absolute Gasteiger partial charge is 0.467 e. The number of methoxy groups -OCH3 is 1. The van der Waals surface area contributed by atoms with E-state index < -0.39 is 17.9 Å². The third-order valence-corrected chi connectivity index (χ3v) is 4.24. The maximum atomic E-state index is 13.1. The zero-order chi connectivity index (χ0) is 20.1. The number of carbonyl (C=O) groups is 2. The number of esters is 1. The van der Waals surface area contributed by atoms with Gasteiger partial charge in [0.05, 0.1) is 18.5 Å². The van der Waals surface area contributed by atoms with E-state index in [0.717, 1.165) is 22.6 Å². The normalized spacial score (nSPS) is 12.4. The number of carbonyl (C=O) groups excluding carboxylic acids is 2. The van der Waals surface area contributed by atoms with Crippen molar-refractivity contribution in [3.63, 3.8) is 0 Å². The lowest BCUT2D eigenvalue weighted by molar-refractivity contribution is -0.145. The van der Waals surface area contributed by atoms with E-state index in [1.807, 2.05) is 27.7 Å². The van der Waals surface area contributed by atoms with Crippen LogP contribution < -0.4 is 5.32 Å². The van der Waals surface area contributed by atoms with E-state index in [1.165, 1.54) is 25.3 Å². The van der Waals surface area contributed by atoms with E-state index in [1.54, 1.807) is 22.9 Å². The summed E-state index contributed by atoms with van der Waals surface area (Å²) in [6.07, 6.45) is 3.02. The zero-order valence-electron chi connectivity index (χ0n) is 16.1. The lowest BCUT2D eigenvalue weighted by atomic mass is 10.0. The molecule has 1 heterocycles. The Hall–Kier alpha value is -2.96. The molecule has 0 radical (unpaired) electrons. The number of benzene rings is 1. The first-order valence-corrected chi connectivity index (χ1v) is 8.63. The molecule has 2 aromatic rings. The lowest BCUT2D eigenvalue weighted by Gasteiger charge is -2.18. The van der Waals surface area contributed by atoms with E-state index in [-0.39, 0.29) is 11.7 Å². The van der Waals surface area contributed by atoms with Crippen molar-refractivity contribution in [1.29, 1.82) is 0 Å². The molecule has 0 fully saturated rings. The van der Waals surface area contributed by atoms with Crippen LogP contribution in [0.5, 0.6) is 0 Å². The van der Waals surface area contributed by atoms with Crippen molar-refractivity contribution < 1.29 is 18.7 Å². The number of nitrogens with one attached hydrogen (secondary N) is 1. The molecule has 0 bridgehead atoms. The molecule has 6 nitrogen and oxygen atoms in total. The molecule has 1 unspecified atom stereocenters. The van der Waals surface area contributed by atoms with Gasteiger partial charge in [-0.25, -0.2) is 13.9 Å². The summed E-state index contributed by atoms with van der Waals surface area (Å²) in [5.74, 6) is -1.29. The highest BCUT2D eigenvalue weighted by Crippen LogP contribution is 2.19. The van der Waals surface area contributed by atoms with E-state index in [9.17, 15) is 14.0 Å². The van der Waals surface area contributed by atoms with Crippen LogP contribution in [0.4, 0.5) is 4.39 Å². The molecule has 0 spiro atoms. The second kappa shape index (κ2) is 8.62. The fourth-order valence-electron chi connectivity index (χ4n) is 2.71. The van der Waals surface area contributed by atoms with Crippen LogP contribution in [0.25, 0.3) is 11.8 Å². The van der Waals surface area contributed by atoms with E-state index in [2.05, 4.69) is 10.4 Å². The predicted octanol–water partition coefficient (Wildman–Crippen LogP) is 2.96. The minimum Gasteiger partial charge on any atom is -0.467 e. The number of rotatable bonds is 6. The van der Waals surface area contributed by atoms with Crippen LogP contribution >= 0.6 is 0 Å². The van der Waals surface area contributed by atoms with Crippen LogP contribution in [0.2, 0.25) is 0 Å². The van der Waals surface area contributed by atoms with Crippen molar-refractivity contribution in [2.45, 2.75) is 33.7 Å². The first kappa shape index (κ1) is 20.4. The number of halogens is 1. The van der Waals surface area contributed by atoms with Crippen molar-refractivity contribution in [2.75, 3.05) is 7.11 Å². The monoisotopic (exact) mass is 373 g/mol. The summed E-state index contributed by atoms with van der Waals surface area (Å²) in [5, 5.41) is 7.11. The lowest BCUT2D eigenvalue weighted by Crippen LogP contribution is -2.44. The molecule has 0 saturated carbocycles. The molecule has 0 aliphatic carbocycles. The van der Waals surface area contributed by atoms with Crippen molar-refractivity contribution >= 4 is 18.0 Å². The Bertz CT molecular complexity index is 854. The number of hydrogen-bond donors (Lipinski definition) is 1. The second-order valence-corrected chi connectivity index (χ2v) is 6.56. The van der Waals surface area contributed by atoms with Crippen molar-refractivity contribution in [2.24, 2.45) is 5.92 Å². The number of aryl methyl sites for hydroxylation is 1. The topological polar surface area (TPSA) is 73.2 Å². The molecule has 2 rings (SSSR count). The SMILES string of the molecule is COC(=O)C(NC(=O)/C=C/c1c(C)nn(-c2ccc(F)cc2)c1C)C(C)C. The van der Waals surface area contributed by atoms with E-state index >= 15 is 0 Å². The minimum absolute atomic E-state index is 0.0977. The zero-order valence-corrected chi connectivity index (χ0v) is 16.1. The summed E-state index contributed by atoms with van der Waals surface area (Å²) < 4.78 is 19.5. The van der Waals surface area contributed by atoms with E-state index in [4.69, 9.17) is 4.74 Å². The second-order valence-electron chi connectivity index (χ2n) is 6.56. The fourth-order valence-corrected chi connectivity index (χ4v) is 2.71. The minimum atomic E-state index is -0.712. The van der Waals surface area contributed by atoms with Gasteiger partial charge in [0.15, 0.2) is 0 Å². The van der Waals surface area contributed by atoms with Gasteiger partial charge in [0.1, 0.15) is 11.9 Å². The molecular formula is C20H24FN3O3. The molecule has 0 saturated heterocycles. The molecule has 7 heteroatoms. The Balaban J connectivity index is 2.20. The van der Waals surface area contributed by atoms with Crippen molar-refractivity contribution in [3.8, 4) is 5.69 Å². The quantitative estimate of drug-likeness (QED) is 0.624. The Morgan fingerprint density at radius 3 is 2.41 bits per heavy atom. The molecule has 27 heavy (non-hydrogen) atoms. The number of hydrogen-bond acceptors (Lipinski definition) is 4. The van der Waals surface area contributed by atoms with E-state index in [0.29, 0.717) is 0 Å². The third-order valence-electron chi connectivity index (χ3n) is 4.24. The Labute approximate surface area is 158 Å². The molecule has 0 aliphatic rings. The first-order valence-electron chi connectivity index (χ1n) is 8.63. The highest BCUT2D eigenvalue weighted by Gasteiger charge is 2.24. The van der Waals surface area contributed by atoms with Gasteiger partial charge in [-0.2, -0.15) is 5.10 Å². The van der Waals surface area contributed by atoms with Gasteiger partial charge in [-0.05, 0) is 50.1 Å². The summed E-state index contributed by atoms with van der Waals surface area (Å²) in [7, 11) is 1.29. The fraction of sp³-hybridized carbons (Fsp3) is 0.350. The summed E-state index contributed by atoms with van der Waals surface area (Å²) in [6.45, 7) is 7.35. The van der Waals surface area contributed by atoms with Gasteiger partial charge in [0.25, 0.3) is 0 Å². The predicted molar refractivity (Wildman–Crippen MR) is 101 cm³/mol. The highest BCUT2D eigenvalue weighted by molar-refractivity contribution is 5.94. The maximum Gasteiger partial charge on any atom is 0.328 e. The number of aromatic nitrogens is 2. The summed E-state index contributed by atoms with van der Waals surface area (Å²) in [5.41, 5.74) is 3.06. The molecule has 144 valence electrons. The van der Waals surface area contributed by atoms with Gasteiger partial charge in [-0.3, -0.25) is 4.79 Å². The number of nitrogens with zero attached hydrogens (tertiary/aromatic N) is 2. The van der Waals surface area contributed by atoms with Gasteiger partial charge in [-0.15, -0.1) is 0 Å². The number of amides is 1. The van der Waals surface area contributed by atoms with Gasteiger partial charge in [0, 0.05) is 17.3 Å². The maximum absolute atomic E-state index is 13.1. The van der Waals surface area contributed by atoms with Crippen LogP contribution in [0.3, 0.4) is 0 Å². The molecule has 1 aromatic heterocycles. The molecule has 1 amide bonds. The molecule has 1 aromatic carbocycles. The van der Waals surface area contributed by atoms with Crippen LogP contribution in [-0.2, 0) is 14.3 Å². The van der Waals surface area contributed by atoms with Crippen LogP contribution in [0.1, 0.15) is 30.8 Å². The standard InChI is InChI=1S/C20H24FN3O3/c1-12(2)19(20(26)27-5)22-18(25)11-10-17-13(3)23-24(14(17)4)16-8-6-15(21)7-9-16/h6-12,19H,1-5H3,(H,22,25)/b11-10+. The van der Waals surface area contributed by atoms with Crippen LogP contribution in [0.15, 0.2) is 30.3 Å². The van der Waals surface area contributed by atoms with Gasteiger partial charge >= 0.3 is 5.97 Å². The molecule has 0 aliphatic heterocycles. The summed E-state index contributed by atoms with van der Waals surface area (Å²) in [6, 6.07) is 5.30. The Morgan fingerprint density at radius 2 is 1.85 bits per heavy atom. The van der Waals surface area contributed by atoms with Gasteiger partial charge < -0.3 is 10.1 Å². The molecular weight excluding hydrogens is 349 g/mol. The van der Waals surface area contributed by atoms with Crippen molar-refractivity contribution in [1.82, 2.24) is 15.1 Å². The van der Waals surface area contributed by atoms with Gasteiger partial charge in [-0.1, -0.05) is 13.8 Å². The highest BCUT2D eigenvalue weighted by atomic mass is 19.1. The Kier molecular flexibility index (Phi) is 6.50. The van der Waals surface area contributed by atoms with Crippen LogP contribution in [0, 0.1) is 25.6 Å². The summed E-state index contributed by atoms with van der Waals surface area (Å²) in [4.78, 5) is 24.0. The Morgan fingerprint density at radius 1 is 1.22 bits per heavy atom.